The zero-order valence-corrected chi connectivity index (χ0v) is 17.1. The van der Waals surface area contributed by atoms with Crippen LogP contribution in [-0.4, -0.2) is 17.4 Å². The van der Waals surface area contributed by atoms with E-state index in [0.717, 1.165) is 18.7 Å². The number of hydrogen-bond acceptors (Lipinski definition) is 3. The minimum absolute atomic E-state index is 0.264. The monoisotopic (exact) mass is 389 g/mol. The van der Waals surface area contributed by atoms with Crippen LogP contribution < -0.4 is 5.32 Å². The topological polar surface area (TPSA) is 29.1 Å². The van der Waals surface area contributed by atoms with Crippen molar-refractivity contribution in [3.63, 3.8) is 0 Å². The molecule has 0 radical (unpaired) electrons. The fourth-order valence-corrected chi connectivity index (χ4v) is 4.23. The normalized spacial score (nSPS) is 11.3. The highest BCUT2D eigenvalue weighted by Gasteiger charge is 2.35. The highest BCUT2D eigenvalue weighted by Crippen LogP contribution is 2.36. The Kier molecular flexibility index (Phi) is 7.46. The molecule has 2 nitrogen and oxygen atoms in total. The zero-order chi connectivity index (χ0) is 19.7. The second-order valence-corrected chi connectivity index (χ2v) is 7.85. The van der Waals surface area contributed by atoms with Crippen molar-refractivity contribution in [2.24, 2.45) is 0 Å². The van der Waals surface area contributed by atoms with Crippen LogP contribution in [0, 0.1) is 0 Å². The lowest BCUT2D eigenvalue weighted by Crippen LogP contribution is -2.45. The standard InChI is InChI=1S/C25H27NOS/c1-2-24(27)28-20-12-19-26-25(21-13-6-3-7-14-21,22-15-8-4-9-16-22)23-17-10-5-11-18-23/h3-11,13-18,26H,2,12,19-20H2,1H3. The van der Waals surface area contributed by atoms with Gasteiger partial charge in [0.05, 0.1) is 5.54 Å². The Hall–Kier alpha value is -2.36. The van der Waals surface area contributed by atoms with E-state index in [1.165, 1.54) is 28.5 Å². The summed E-state index contributed by atoms with van der Waals surface area (Å²) in [6, 6.07) is 31.8. The third-order valence-electron chi connectivity index (χ3n) is 4.88. The SMILES string of the molecule is CCC(=O)SCCCNC(c1ccccc1)(c1ccccc1)c1ccccc1. The zero-order valence-electron chi connectivity index (χ0n) is 16.3. The number of carbonyl (C=O) groups is 1. The molecule has 0 aliphatic rings. The van der Waals surface area contributed by atoms with Crippen LogP contribution in [0.4, 0.5) is 0 Å². The summed E-state index contributed by atoms with van der Waals surface area (Å²) in [7, 11) is 0. The molecule has 3 aromatic rings. The molecule has 3 rings (SSSR count). The maximum atomic E-state index is 11.6. The average molecular weight is 390 g/mol. The van der Waals surface area contributed by atoms with Crippen molar-refractivity contribution in [3.8, 4) is 0 Å². The number of hydrogen-bond donors (Lipinski definition) is 1. The molecule has 144 valence electrons. The molecule has 0 saturated heterocycles. The summed E-state index contributed by atoms with van der Waals surface area (Å²) in [5.74, 6) is 0.841. The van der Waals surface area contributed by atoms with E-state index in [1.807, 2.05) is 6.92 Å². The van der Waals surface area contributed by atoms with E-state index in [1.54, 1.807) is 0 Å². The van der Waals surface area contributed by atoms with Gasteiger partial charge in [0.1, 0.15) is 0 Å². The first kappa shape index (κ1) is 20.4. The Labute approximate surface area is 172 Å². The van der Waals surface area contributed by atoms with Crippen molar-refractivity contribution in [3.05, 3.63) is 108 Å². The summed E-state index contributed by atoms with van der Waals surface area (Å²) in [5.41, 5.74) is 3.21. The average Bonchev–Trinajstić information content (AvgIpc) is 2.78. The fourth-order valence-electron chi connectivity index (χ4n) is 3.51. The van der Waals surface area contributed by atoms with E-state index < -0.39 is 5.54 Å². The van der Waals surface area contributed by atoms with E-state index in [0.29, 0.717) is 6.42 Å². The van der Waals surface area contributed by atoms with E-state index in [9.17, 15) is 4.79 Å². The van der Waals surface area contributed by atoms with Crippen LogP contribution in [0.2, 0.25) is 0 Å². The summed E-state index contributed by atoms with van der Waals surface area (Å²) in [6.45, 7) is 2.74. The lowest BCUT2D eigenvalue weighted by Gasteiger charge is -2.37. The lowest BCUT2D eigenvalue weighted by molar-refractivity contribution is -0.110. The second-order valence-electron chi connectivity index (χ2n) is 6.70. The molecule has 0 amide bonds. The number of rotatable bonds is 9. The van der Waals surface area contributed by atoms with E-state index in [4.69, 9.17) is 0 Å². The van der Waals surface area contributed by atoms with Crippen molar-refractivity contribution in [1.29, 1.82) is 0 Å². The highest BCUT2D eigenvalue weighted by molar-refractivity contribution is 8.13. The largest absolute Gasteiger partial charge is 0.300 e. The number of carbonyl (C=O) groups excluding carboxylic acids is 1. The Morgan fingerprint density at radius 1 is 0.786 bits per heavy atom. The maximum Gasteiger partial charge on any atom is 0.188 e. The Morgan fingerprint density at radius 3 is 1.61 bits per heavy atom. The molecule has 28 heavy (non-hydrogen) atoms. The molecule has 0 unspecified atom stereocenters. The van der Waals surface area contributed by atoms with E-state index >= 15 is 0 Å². The van der Waals surface area contributed by atoms with Gasteiger partial charge < -0.3 is 0 Å². The van der Waals surface area contributed by atoms with Crippen LogP contribution in [0.15, 0.2) is 91.0 Å². The van der Waals surface area contributed by atoms with Crippen molar-refractivity contribution in [2.45, 2.75) is 25.3 Å². The van der Waals surface area contributed by atoms with Gasteiger partial charge >= 0.3 is 0 Å². The summed E-state index contributed by atoms with van der Waals surface area (Å²) < 4.78 is 0. The van der Waals surface area contributed by atoms with Gasteiger partial charge in [-0.2, -0.15) is 0 Å². The summed E-state index contributed by atoms with van der Waals surface area (Å²) in [6.07, 6.45) is 1.53. The molecule has 0 heterocycles. The molecule has 0 atom stereocenters. The first-order chi connectivity index (χ1) is 13.8. The van der Waals surface area contributed by atoms with Gasteiger partial charge in [0.25, 0.3) is 0 Å². The van der Waals surface area contributed by atoms with Crippen LogP contribution in [0.25, 0.3) is 0 Å². The van der Waals surface area contributed by atoms with E-state index in [2.05, 4.69) is 96.3 Å². The first-order valence-corrected chi connectivity index (χ1v) is 10.8. The van der Waals surface area contributed by atoms with Crippen LogP contribution in [0.5, 0.6) is 0 Å². The molecule has 0 spiro atoms. The van der Waals surface area contributed by atoms with Crippen LogP contribution in [0.1, 0.15) is 36.5 Å². The third kappa shape index (κ3) is 4.73. The minimum Gasteiger partial charge on any atom is -0.300 e. The van der Waals surface area contributed by atoms with Gasteiger partial charge in [-0.05, 0) is 29.7 Å². The molecular weight excluding hydrogens is 362 g/mol. The first-order valence-electron chi connectivity index (χ1n) is 9.84. The fraction of sp³-hybridized carbons (Fsp3) is 0.240. The van der Waals surface area contributed by atoms with Gasteiger partial charge in [-0.15, -0.1) is 0 Å². The number of thioether (sulfide) groups is 1. The molecule has 3 heteroatoms. The molecule has 0 saturated carbocycles. The van der Waals surface area contributed by atoms with Crippen molar-refractivity contribution < 1.29 is 4.79 Å². The van der Waals surface area contributed by atoms with E-state index in [-0.39, 0.29) is 5.12 Å². The van der Waals surface area contributed by atoms with Crippen molar-refractivity contribution >= 4 is 16.9 Å². The second kappa shape index (κ2) is 10.3. The van der Waals surface area contributed by atoms with Gasteiger partial charge in [-0.25, -0.2) is 0 Å². The van der Waals surface area contributed by atoms with Crippen molar-refractivity contribution in [2.75, 3.05) is 12.3 Å². The quantitative estimate of drug-likeness (QED) is 0.380. The number of benzene rings is 3. The Bertz CT molecular complexity index is 753. The molecule has 0 fully saturated rings. The Morgan fingerprint density at radius 2 is 1.21 bits per heavy atom. The maximum absolute atomic E-state index is 11.6. The summed E-state index contributed by atoms with van der Waals surface area (Å²) >= 11 is 1.44. The smallest absolute Gasteiger partial charge is 0.188 e. The van der Waals surface area contributed by atoms with Gasteiger partial charge in [0.15, 0.2) is 5.12 Å². The van der Waals surface area contributed by atoms with Gasteiger partial charge in [0, 0.05) is 12.2 Å². The molecule has 1 N–H and O–H groups in total. The van der Waals surface area contributed by atoms with Crippen molar-refractivity contribution in [1.82, 2.24) is 5.32 Å². The molecule has 0 aromatic heterocycles. The molecule has 0 aliphatic heterocycles. The minimum atomic E-state index is -0.427. The molecular formula is C25H27NOS. The predicted molar refractivity (Wildman–Crippen MR) is 120 cm³/mol. The van der Waals surface area contributed by atoms with Gasteiger partial charge in [-0.3, -0.25) is 10.1 Å². The summed E-state index contributed by atoms with van der Waals surface area (Å²) in [5, 5.41) is 4.11. The van der Waals surface area contributed by atoms with Crippen LogP contribution >= 0.6 is 11.8 Å². The molecule has 0 bridgehead atoms. The van der Waals surface area contributed by atoms with Crippen LogP contribution in [-0.2, 0) is 10.3 Å². The highest BCUT2D eigenvalue weighted by atomic mass is 32.2. The molecule has 0 aliphatic carbocycles. The van der Waals surface area contributed by atoms with Crippen LogP contribution in [0.3, 0.4) is 0 Å². The van der Waals surface area contributed by atoms with Gasteiger partial charge in [0.2, 0.25) is 0 Å². The van der Waals surface area contributed by atoms with Gasteiger partial charge in [-0.1, -0.05) is 110 Å². The lowest BCUT2D eigenvalue weighted by atomic mass is 9.77. The predicted octanol–water partition coefficient (Wildman–Crippen LogP) is 5.63. The Balaban J connectivity index is 1.96. The third-order valence-corrected chi connectivity index (χ3v) is 5.99. The number of nitrogens with one attached hydrogen (secondary N) is 1. The summed E-state index contributed by atoms with van der Waals surface area (Å²) in [4.78, 5) is 11.6. The molecule has 3 aromatic carbocycles.